The van der Waals surface area contributed by atoms with Gasteiger partial charge in [-0.25, -0.2) is 4.79 Å². The first-order valence-corrected chi connectivity index (χ1v) is 40.5. The van der Waals surface area contributed by atoms with Gasteiger partial charge < -0.3 is 137 Å². The van der Waals surface area contributed by atoms with Crippen LogP contribution in [0.4, 0.5) is 0 Å². The van der Waals surface area contributed by atoms with E-state index in [9.17, 15) is 142 Å². The summed E-state index contributed by atoms with van der Waals surface area (Å²) in [5.41, 5.74) is 17.4. The standard InChI is InChI=1S/C77H121N17O29/c1-36(2)29-46(83-63(108)43(80)15-9-11-25-78)65(110)84-47(30-37(3)4)66(111)88-52(35-59(106)107)76(121)94-28-13-17-53(94)70(115)81-44(23-24-55(98)99)64(109)85-49(33-57(102)103)68(113)90-60(38(5)6)72(117)87-50(34-58(104)105)69(114)91-62(40(8)96)74(119)92-61(39(7)95)73(118)89-51(31-41-19-21-42(97)22-20-41)75(120)93-27-14-18-54(93)71(116)86-48(32-56(100)101)67(112)82-45(77(122)123)16-10-12-26-79/h19-22,36-40,43-54,60-62,95-97H,9-18,23-35,78-80H2,1-8H3,(H,81,115)(H,82,112)(H,83,108)(H,84,110)(H,85,109)(H,86,116)(H,87,117)(H,88,111)(H,89,118)(H,90,113)(H,91,114)(H,92,119)(H,98,99)(H,100,101)(H,102,103)(H,104,105)(H,106,107)(H,122,123)/t39-,40-,43+,44+,45+,46+,47+,48+,49+,50+,51+,52+,53+,54+,60+,61+,62+/m1/s1. The molecule has 17 atom stereocenters. The van der Waals surface area contributed by atoms with E-state index in [1.54, 1.807) is 27.7 Å². The number of benzene rings is 1. The summed E-state index contributed by atoms with van der Waals surface area (Å²) >= 11 is 0. The van der Waals surface area contributed by atoms with Gasteiger partial charge in [0.2, 0.25) is 82.7 Å². The van der Waals surface area contributed by atoms with Crippen LogP contribution in [0.3, 0.4) is 0 Å². The van der Waals surface area contributed by atoms with Crippen LogP contribution in [0.15, 0.2) is 24.3 Å². The number of carbonyl (C=O) groups excluding carboxylic acids is 14. The van der Waals surface area contributed by atoms with Crippen molar-refractivity contribution >= 4 is 119 Å². The fourth-order valence-electron chi connectivity index (χ4n) is 13.5. The van der Waals surface area contributed by atoms with Crippen molar-refractivity contribution in [3.8, 4) is 5.75 Å². The quantitative estimate of drug-likeness (QED) is 0.0270. The first kappa shape index (κ1) is 105. The molecule has 0 saturated carbocycles. The minimum absolute atomic E-state index is 0.0553. The van der Waals surface area contributed by atoms with E-state index < -0.39 is 272 Å². The van der Waals surface area contributed by atoms with Crippen LogP contribution in [0.2, 0.25) is 0 Å². The van der Waals surface area contributed by atoms with Gasteiger partial charge in [0, 0.05) is 25.9 Å². The van der Waals surface area contributed by atoms with Gasteiger partial charge in [0.25, 0.3) is 0 Å². The van der Waals surface area contributed by atoms with E-state index in [1.807, 2.05) is 0 Å². The Morgan fingerprint density at radius 1 is 0.382 bits per heavy atom. The van der Waals surface area contributed by atoms with Crippen molar-refractivity contribution < 1.29 is 142 Å². The molecule has 688 valence electrons. The second kappa shape index (κ2) is 51.9. The number of phenolic OH excluding ortho intramolecular Hbond substituents is 1. The SMILES string of the molecule is CC(C)C[C@H](NC(=O)[C@H](CC(C)C)NC(=O)[C@@H](N)CCCCN)C(=O)N[C@@H](CC(=O)O)C(=O)N1CCC[C@H]1C(=O)N[C@@H](CCC(=O)O)C(=O)N[C@@H](CC(=O)O)C(=O)N[C@H](C(=O)N[C@@H](CC(=O)O)C(=O)N[C@H](C(=O)N[C@H](C(=O)N[C@@H](Cc1ccc(O)cc1)C(=O)N1CCC[C@H]1C(=O)N[C@@H](CC(=O)O)C(=O)N[C@@H](CCCCN)C(=O)O)[C@@H](C)O)[C@@H](C)O)C(C)C. The zero-order valence-corrected chi connectivity index (χ0v) is 69.9. The molecule has 0 radical (unpaired) electrons. The Balaban J connectivity index is 1.90. The Morgan fingerprint density at radius 3 is 1.15 bits per heavy atom. The molecule has 0 bridgehead atoms. The molecule has 46 nitrogen and oxygen atoms in total. The van der Waals surface area contributed by atoms with Crippen LogP contribution < -0.4 is 81.0 Å². The molecular formula is C77H121N17O29. The molecule has 123 heavy (non-hydrogen) atoms. The van der Waals surface area contributed by atoms with Gasteiger partial charge in [-0.1, -0.05) is 60.1 Å². The number of aliphatic carboxylic acids is 6. The Morgan fingerprint density at radius 2 is 0.724 bits per heavy atom. The first-order chi connectivity index (χ1) is 57.6. The lowest BCUT2D eigenvalue weighted by Gasteiger charge is -2.31. The zero-order chi connectivity index (χ0) is 93.0. The summed E-state index contributed by atoms with van der Waals surface area (Å²) in [5.74, 6) is -28.2. The molecule has 2 aliphatic rings. The summed E-state index contributed by atoms with van der Waals surface area (Å²) in [6, 6.07) is -21.2. The highest BCUT2D eigenvalue weighted by atomic mass is 16.4. The van der Waals surface area contributed by atoms with Crippen LogP contribution in [0.1, 0.15) is 177 Å². The molecule has 46 heteroatoms. The van der Waals surface area contributed by atoms with Gasteiger partial charge in [-0.05, 0) is 139 Å². The summed E-state index contributed by atoms with van der Waals surface area (Å²) in [6.07, 6.45) is -8.86. The van der Waals surface area contributed by atoms with Crippen molar-refractivity contribution in [2.24, 2.45) is 35.0 Å². The van der Waals surface area contributed by atoms with Gasteiger partial charge in [0.1, 0.15) is 90.3 Å². The van der Waals surface area contributed by atoms with E-state index in [2.05, 4.69) is 63.8 Å². The number of rotatable bonds is 55. The van der Waals surface area contributed by atoms with Crippen LogP contribution in [0.25, 0.3) is 0 Å². The predicted octanol–water partition coefficient (Wildman–Crippen LogP) is -6.32. The lowest BCUT2D eigenvalue weighted by molar-refractivity contribution is -0.146. The van der Waals surface area contributed by atoms with E-state index in [0.717, 1.165) is 23.6 Å². The van der Waals surface area contributed by atoms with Gasteiger partial charge >= 0.3 is 35.8 Å². The van der Waals surface area contributed by atoms with Crippen molar-refractivity contribution in [2.75, 3.05) is 26.2 Å². The van der Waals surface area contributed by atoms with Crippen LogP contribution in [-0.2, 0) is 102 Å². The predicted molar refractivity (Wildman–Crippen MR) is 429 cm³/mol. The molecule has 27 N–H and O–H groups in total. The molecule has 0 unspecified atom stereocenters. The number of carboxylic acids is 6. The van der Waals surface area contributed by atoms with E-state index in [0.29, 0.717) is 25.8 Å². The molecule has 3 rings (SSSR count). The molecule has 0 spiro atoms. The summed E-state index contributed by atoms with van der Waals surface area (Å²) < 4.78 is 0. The molecular weight excluding hydrogens is 1630 g/mol. The molecule has 2 heterocycles. The van der Waals surface area contributed by atoms with Crippen molar-refractivity contribution in [3.63, 3.8) is 0 Å². The number of nitrogens with two attached hydrogens (primary N) is 3. The molecule has 2 saturated heterocycles. The maximum Gasteiger partial charge on any atom is 0.326 e. The third-order valence-corrected chi connectivity index (χ3v) is 19.9. The summed E-state index contributed by atoms with van der Waals surface area (Å²) in [4.78, 5) is 272. The molecule has 0 aliphatic carbocycles. The average Bonchev–Trinajstić information content (AvgIpc) is 1.74. The number of hydrogen-bond donors (Lipinski definition) is 24. The summed E-state index contributed by atoms with van der Waals surface area (Å²) in [6.45, 7) is 11.6. The number of nitrogens with one attached hydrogen (secondary N) is 12. The first-order valence-electron chi connectivity index (χ1n) is 40.5. The van der Waals surface area contributed by atoms with Crippen molar-refractivity contribution in [1.82, 2.24) is 73.6 Å². The number of carboxylic acid groups (broad SMARTS) is 6. The van der Waals surface area contributed by atoms with E-state index >= 15 is 0 Å². The minimum atomic E-state index is -2.25. The van der Waals surface area contributed by atoms with Crippen LogP contribution in [-0.4, -0.2) is 303 Å². The Bertz CT molecular complexity index is 3880. The monoisotopic (exact) mass is 1750 g/mol. The number of unbranched alkanes of at least 4 members (excludes halogenated alkanes) is 2. The number of hydrogen-bond acceptors (Lipinski definition) is 26. The fourth-order valence-corrected chi connectivity index (χ4v) is 13.5. The van der Waals surface area contributed by atoms with Gasteiger partial charge in [0.05, 0.1) is 43.9 Å². The van der Waals surface area contributed by atoms with E-state index in [-0.39, 0.29) is 101 Å². The summed E-state index contributed by atoms with van der Waals surface area (Å²) in [7, 11) is 0. The lowest BCUT2D eigenvalue weighted by Crippen LogP contribution is -2.64. The number of amides is 14. The largest absolute Gasteiger partial charge is 0.508 e. The van der Waals surface area contributed by atoms with Gasteiger partial charge in [-0.15, -0.1) is 0 Å². The highest BCUT2D eigenvalue weighted by molar-refractivity contribution is 6.02. The van der Waals surface area contributed by atoms with E-state index in [1.165, 1.54) is 38.1 Å². The topological polar surface area (TPSA) is 752 Å². The molecule has 2 aliphatic heterocycles. The number of aromatic hydroxyl groups is 1. The maximum absolute atomic E-state index is 14.7. The Kier molecular flexibility index (Phi) is 44.4. The maximum atomic E-state index is 14.7. The van der Waals surface area contributed by atoms with Crippen LogP contribution >= 0.6 is 0 Å². The fraction of sp³-hybridized carbons (Fsp3) is 0.662. The normalized spacial score (nSPS) is 17.4. The number of aliphatic hydroxyl groups is 2. The molecule has 14 amide bonds. The number of carbonyl (C=O) groups is 20. The highest BCUT2D eigenvalue weighted by Crippen LogP contribution is 2.24. The second-order valence-corrected chi connectivity index (χ2v) is 31.6. The van der Waals surface area contributed by atoms with Crippen molar-refractivity contribution in [2.45, 2.75) is 280 Å². The number of likely N-dealkylation sites (tertiary alicyclic amines) is 2. The van der Waals surface area contributed by atoms with Crippen molar-refractivity contribution in [1.29, 1.82) is 0 Å². The highest BCUT2D eigenvalue weighted by Gasteiger charge is 2.45. The summed E-state index contributed by atoms with van der Waals surface area (Å²) in [5, 5.41) is 119. The molecule has 1 aromatic rings. The third-order valence-electron chi connectivity index (χ3n) is 19.9. The smallest absolute Gasteiger partial charge is 0.326 e. The van der Waals surface area contributed by atoms with Crippen LogP contribution in [0, 0.1) is 17.8 Å². The number of aliphatic hydroxyl groups excluding tert-OH is 2. The van der Waals surface area contributed by atoms with E-state index in [4.69, 9.17) is 17.2 Å². The lowest BCUT2D eigenvalue weighted by atomic mass is 9.99. The molecule has 0 aromatic heterocycles. The Hall–Kier alpha value is -11.8. The van der Waals surface area contributed by atoms with Gasteiger partial charge in [-0.3, -0.25) is 91.1 Å². The average molecular weight is 1750 g/mol. The number of phenols is 1. The third kappa shape index (κ3) is 36.1. The molecule has 1 aromatic carbocycles. The second-order valence-electron chi connectivity index (χ2n) is 31.6. The van der Waals surface area contributed by atoms with Crippen molar-refractivity contribution in [3.05, 3.63) is 29.8 Å². The van der Waals surface area contributed by atoms with Gasteiger partial charge in [-0.2, -0.15) is 0 Å². The molecule has 2 fully saturated rings. The minimum Gasteiger partial charge on any atom is -0.508 e. The Labute approximate surface area is 708 Å². The number of nitrogens with zero attached hydrogens (tertiary/aromatic N) is 2. The van der Waals surface area contributed by atoms with Gasteiger partial charge in [0.15, 0.2) is 0 Å². The van der Waals surface area contributed by atoms with Crippen LogP contribution in [0.5, 0.6) is 5.75 Å². The zero-order valence-electron chi connectivity index (χ0n) is 69.9.